The molecule has 7 nitrogen and oxygen atoms in total. The molecule has 0 saturated heterocycles. The number of halogens is 1. The minimum atomic E-state index is -3.91. The number of sulfonamides is 1. The normalized spacial score (nSPS) is 11.3. The van der Waals surface area contributed by atoms with Crippen LogP contribution in [0, 0.1) is 6.92 Å². The fourth-order valence-electron chi connectivity index (χ4n) is 1.38. The van der Waals surface area contributed by atoms with Crippen LogP contribution in [0.15, 0.2) is 22.5 Å². The lowest BCUT2D eigenvalue weighted by Gasteiger charge is -2.04. The molecule has 2 aromatic heterocycles. The van der Waals surface area contributed by atoms with Crippen molar-refractivity contribution in [1.82, 2.24) is 9.97 Å². The Kier molecular flexibility index (Phi) is 3.93. The average Bonchev–Trinajstić information content (AvgIpc) is 2.71. The molecule has 2 heterocycles. The van der Waals surface area contributed by atoms with Crippen LogP contribution >= 0.6 is 22.9 Å². The van der Waals surface area contributed by atoms with Gasteiger partial charge in [0.05, 0.1) is 0 Å². The van der Waals surface area contributed by atoms with Gasteiger partial charge in [-0.25, -0.2) is 18.2 Å². The Morgan fingerprint density at radius 3 is 2.75 bits per heavy atom. The molecular weight excluding hydrogens is 326 g/mol. The number of anilines is 1. The molecule has 106 valence electrons. The highest BCUT2D eigenvalue weighted by atomic mass is 35.5. The van der Waals surface area contributed by atoms with Gasteiger partial charge in [0, 0.05) is 6.20 Å². The topological polar surface area (TPSA) is 109 Å². The van der Waals surface area contributed by atoms with E-state index in [1.54, 1.807) is 0 Å². The summed E-state index contributed by atoms with van der Waals surface area (Å²) in [4.78, 5) is 18.2. The van der Waals surface area contributed by atoms with E-state index in [0.29, 0.717) is 16.9 Å². The van der Waals surface area contributed by atoms with Gasteiger partial charge in [0.1, 0.15) is 14.9 Å². The summed E-state index contributed by atoms with van der Waals surface area (Å²) in [6.45, 7) is 1.53. The van der Waals surface area contributed by atoms with Crippen molar-refractivity contribution < 1.29 is 18.3 Å². The van der Waals surface area contributed by atoms with Crippen molar-refractivity contribution in [3.8, 4) is 0 Å². The average molecular weight is 334 g/mol. The third kappa shape index (κ3) is 3.06. The zero-order valence-electron chi connectivity index (χ0n) is 9.99. The summed E-state index contributed by atoms with van der Waals surface area (Å²) in [7, 11) is -3.91. The molecule has 0 spiro atoms. The standard InChI is InChI=1S/C10H8ClN3O4S2/c1-5-4-7(19-8(5)9(15)16)20(17,18)14-6-2-3-12-10(11)13-6/h2-4H,1H3,(H,15,16)(H,12,13,14). The summed E-state index contributed by atoms with van der Waals surface area (Å²) >= 11 is 6.23. The molecule has 0 radical (unpaired) electrons. The molecule has 0 aliphatic heterocycles. The Morgan fingerprint density at radius 2 is 2.20 bits per heavy atom. The van der Waals surface area contributed by atoms with E-state index in [1.165, 1.54) is 25.3 Å². The van der Waals surface area contributed by atoms with Gasteiger partial charge in [-0.3, -0.25) is 4.72 Å². The molecule has 2 rings (SSSR count). The summed E-state index contributed by atoms with van der Waals surface area (Å²) in [5.41, 5.74) is 0.378. The second kappa shape index (κ2) is 5.35. The number of nitrogens with one attached hydrogen (secondary N) is 1. The maximum Gasteiger partial charge on any atom is 0.346 e. The molecule has 0 amide bonds. The summed E-state index contributed by atoms with van der Waals surface area (Å²) in [6.07, 6.45) is 1.30. The lowest BCUT2D eigenvalue weighted by molar-refractivity contribution is 0.0701. The number of carbonyl (C=O) groups is 1. The van der Waals surface area contributed by atoms with E-state index in [4.69, 9.17) is 16.7 Å². The van der Waals surface area contributed by atoms with Crippen molar-refractivity contribution in [3.63, 3.8) is 0 Å². The van der Waals surface area contributed by atoms with Gasteiger partial charge in [0.15, 0.2) is 0 Å². The molecular formula is C10H8ClN3O4S2. The number of carboxylic acid groups (broad SMARTS) is 1. The van der Waals surface area contributed by atoms with Crippen molar-refractivity contribution in [3.05, 3.63) is 34.1 Å². The zero-order chi connectivity index (χ0) is 14.9. The van der Waals surface area contributed by atoms with Gasteiger partial charge in [0.2, 0.25) is 5.28 Å². The summed E-state index contributed by atoms with van der Waals surface area (Å²) in [5.74, 6) is -1.16. The predicted molar refractivity (Wildman–Crippen MR) is 73.9 cm³/mol. The molecule has 0 unspecified atom stereocenters. The van der Waals surface area contributed by atoms with Crippen LogP contribution in [0.4, 0.5) is 5.82 Å². The molecule has 2 aromatic rings. The Bertz CT molecular complexity index is 773. The van der Waals surface area contributed by atoms with E-state index in [-0.39, 0.29) is 20.2 Å². The SMILES string of the molecule is Cc1cc(S(=O)(=O)Nc2ccnc(Cl)n2)sc1C(=O)O. The van der Waals surface area contributed by atoms with Gasteiger partial charge < -0.3 is 5.11 Å². The molecule has 10 heteroatoms. The number of aryl methyl sites for hydroxylation is 1. The fraction of sp³-hybridized carbons (Fsp3) is 0.100. The van der Waals surface area contributed by atoms with Crippen LogP contribution in [-0.2, 0) is 10.0 Å². The molecule has 20 heavy (non-hydrogen) atoms. The van der Waals surface area contributed by atoms with Crippen molar-refractivity contribution in [2.75, 3.05) is 4.72 Å². The fourth-order valence-corrected chi connectivity index (χ4v) is 3.90. The zero-order valence-corrected chi connectivity index (χ0v) is 12.4. The Morgan fingerprint density at radius 1 is 1.50 bits per heavy atom. The first-order chi connectivity index (χ1) is 9.29. The molecule has 0 aliphatic carbocycles. The first-order valence-corrected chi connectivity index (χ1v) is 7.82. The molecule has 0 saturated carbocycles. The highest BCUT2D eigenvalue weighted by molar-refractivity contribution is 7.94. The second-order valence-electron chi connectivity index (χ2n) is 3.70. The Labute approximate surface area is 123 Å². The molecule has 0 bridgehead atoms. The van der Waals surface area contributed by atoms with E-state index in [2.05, 4.69) is 14.7 Å². The van der Waals surface area contributed by atoms with Gasteiger partial charge in [-0.1, -0.05) is 0 Å². The van der Waals surface area contributed by atoms with Crippen LogP contribution in [0.2, 0.25) is 5.28 Å². The van der Waals surface area contributed by atoms with Crippen LogP contribution in [0.25, 0.3) is 0 Å². The number of carboxylic acids is 1. The minimum Gasteiger partial charge on any atom is -0.477 e. The molecule has 0 atom stereocenters. The Balaban J connectivity index is 2.36. The third-order valence-electron chi connectivity index (χ3n) is 2.22. The first kappa shape index (κ1) is 14.7. The minimum absolute atomic E-state index is 0.00734. The largest absolute Gasteiger partial charge is 0.477 e. The quantitative estimate of drug-likeness (QED) is 0.828. The summed E-state index contributed by atoms with van der Waals surface area (Å²) in [6, 6.07) is 2.63. The number of aromatic nitrogens is 2. The molecule has 0 aromatic carbocycles. The van der Waals surface area contributed by atoms with Crippen LogP contribution < -0.4 is 4.72 Å². The first-order valence-electron chi connectivity index (χ1n) is 5.14. The third-order valence-corrected chi connectivity index (χ3v) is 5.45. The van der Waals surface area contributed by atoms with E-state index in [1.807, 2.05) is 0 Å². The molecule has 2 N–H and O–H groups in total. The van der Waals surface area contributed by atoms with E-state index in [9.17, 15) is 13.2 Å². The lowest BCUT2D eigenvalue weighted by atomic mass is 10.3. The van der Waals surface area contributed by atoms with Gasteiger partial charge in [-0.2, -0.15) is 4.98 Å². The number of rotatable bonds is 4. The van der Waals surface area contributed by atoms with Crippen molar-refractivity contribution in [2.45, 2.75) is 11.1 Å². The van der Waals surface area contributed by atoms with Crippen molar-refractivity contribution >= 4 is 44.7 Å². The summed E-state index contributed by atoms with van der Waals surface area (Å²) < 4.78 is 26.3. The van der Waals surface area contributed by atoms with Crippen molar-refractivity contribution in [2.24, 2.45) is 0 Å². The maximum atomic E-state index is 12.1. The van der Waals surface area contributed by atoms with Crippen LogP contribution in [-0.4, -0.2) is 29.5 Å². The van der Waals surface area contributed by atoms with E-state index >= 15 is 0 Å². The monoisotopic (exact) mass is 333 g/mol. The maximum absolute atomic E-state index is 12.1. The predicted octanol–water partition coefficient (Wildman–Crippen LogP) is 2.00. The number of thiophene rings is 1. The highest BCUT2D eigenvalue weighted by Crippen LogP contribution is 2.27. The molecule has 0 fully saturated rings. The van der Waals surface area contributed by atoms with Crippen LogP contribution in [0.3, 0.4) is 0 Å². The van der Waals surface area contributed by atoms with Crippen LogP contribution in [0.1, 0.15) is 15.2 Å². The van der Waals surface area contributed by atoms with Gasteiger partial charge in [0.25, 0.3) is 10.0 Å². The van der Waals surface area contributed by atoms with Gasteiger partial charge in [-0.05, 0) is 36.2 Å². The van der Waals surface area contributed by atoms with Crippen LogP contribution in [0.5, 0.6) is 0 Å². The molecule has 0 aliphatic rings. The summed E-state index contributed by atoms with van der Waals surface area (Å²) in [5, 5.41) is 8.83. The number of aromatic carboxylic acids is 1. The highest BCUT2D eigenvalue weighted by Gasteiger charge is 2.22. The Hall–Kier alpha value is -1.71. The number of nitrogens with zero attached hydrogens (tertiary/aromatic N) is 2. The van der Waals surface area contributed by atoms with Gasteiger partial charge >= 0.3 is 5.97 Å². The van der Waals surface area contributed by atoms with Gasteiger partial charge in [-0.15, -0.1) is 11.3 Å². The smallest absolute Gasteiger partial charge is 0.346 e. The number of hydrogen-bond donors (Lipinski definition) is 2. The van der Waals surface area contributed by atoms with E-state index in [0.717, 1.165) is 0 Å². The lowest BCUT2D eigenvalue weighted by Crippen LogP contribution is -2.12. The van der Waals surface area contributed by atoms with Crippen molar-refractivity contribution in [1.29, 1.82) is 0 Å². The van der Waals surface area contributed by atoms with E-state index < -0.39 is 16.0 Å². The second-order valence-corrected chi connectivity index (χ2v) is 7.00. The number of hydrogen-bond acceptors (Lipinski definition) is 6.